The SMILES string of the molecule is COC(=O)C(C)CN(C)Cc1cc(=O)c(O)co1. The van der Waals surface area contributed by atoms with E-state index in [-0.39, 0.29) is 11.9 Å². The topological polar surface area (TPSA) is 80.0 Å². The van der Waals surface area contributed by atoms with Crippen molar-refractivity contribution < 1.29 is 19.1 Å². The maximum atomic E-state index is 11.2. The summed E-state index contributed by atoms with van der Waals surface area (Å²) in [6.07, 6.45) is 1.01. The van der Waals surface area contributed by atoms with Gasteiger partial charge in [-0.1, -0.05) is 6.92 Å². The van der Waals surface area contributed by atoms with E-state index in [0.717, 1.165) is 6.26 Å². The molecule has 1 unspecified atom stereocenters. The Hall–Kier alpha value is -1.82. The largest absolute Gasteiger partial charge is 0.502 e. The second-order valence-electron chi connectivity index (χ2n) is 4.22. The molecule has 18 heavy (non-hydrogen) atoms. The quantitative estimate of drug-likeness (QED) is 0.775. The molecular formula is C12H17NO5. The van der Waals surface area contributed by atoms with E-state index < -0.39 is 11.2 Å². The highest BCUT2D eigenvalue weighted by Crippen LogP contribution is 2.08. The number of ether oxygens (including phenoxy) is 1. The summed E-state index contributed by atoms with van der Waals surface area (Å²) in [6, 6.07) is 1.23. The maximum absolute atomic E-state index is 11.2. The summed E-state index contributed by atoms with van der Waals surface area (Å²) in [7, 11) is 3.14. The van der Waals surface area contributed by atoms with Crippen molar-refractivity contribution in [1.29, 1.82) is 0 Å². The van der Waals surface area contributed by atoms with Gasteiger partial charge in [0, 0.05) is 12.6 Å². The lowest BCUT2D eigenvalue weighted by molar-refractivity contribution is -0.145. The highest BCUT2D eigenvalue weighted by Gasteiger charge is 2.16. The second kappa shape index (κ2) is 6.20. The molecule has 1 N–H and O–H groups in total. The molecule has 1 heterocycles. The van der Waals surface area contributed by atoms with Crippen molar-refractivity contribution in [2.75, 3.05) is 20.7 Å². The van der Waals surface area contributed by atoms with E-state index >= 15 is 0 Å². The Balaban J connectivity index is 2.59. The first-order valence-corrected chi connectivity index (χ1v) is 5.51. The standard InChI is InChI=1S/C12H17NO5/c1-8(12(16)17-3)5-13(2)6-9-4-10(14)11(15)7-18-9/h4,7-8,15H,5-6H2,1-3H3. The van der Waals surface area contributed by atoms with Crippen molar-refractivity contribution in [3.8, 4) is 5.75 Å². The first-order valence-electron chi connectivity index (χ1n) is 5.51. The minimum absolute atomic E-state index is 0.260. The normalized spacial score (nSPS) is 12.4. The molecule has 0 bridgehead atoms. The van der Waals surface area contributed by atoms with Gasteiger partial charge in [0.15, 0.2) is 5.75 Å². The third kappa shape index (κ3) is 3.89. The summed E-state index contributed by atoms with van der Waals surface area (Å²) in [5, 5.41) is 9.05. The number of hydrogen-bond donors (Lipinski definition) is 1. The van der Waals surface area contributed by atoms with Crippen LogP contribution in [0.5, 0.6) is 5.75 Å². The van der Waals surface area contributed by atoms with Gasteiger partial charge in [-0.05, 0) is 7.05 Å². The van der Waals surface area contributed by atoms with Gasteiger partial charge in [0.1, 0.15) is 12.0 Å². The van der Waals surface area contributed by atoms with Gasteiger partial charge in [-0.3, -0.25) is 14.5 Å². The molecule has 0 aliphatic heterocycles. The monoisotopic (exact) mass is 255 g/mol. The minimum atomic E-state index is -0.481. The summed E-state index contributed by atoms with van der Waals surface area (Å²) >= 11 is 0. The van der Waals surface area contributed by atoms with E-state index in [4.69, 9.17) is 9.52 Å². The van der Waals surface area contributed by atoms with Gasteiger partial charge in [0.2, 0.25) is 5.43 Å². The van der Waals surface area contributed by atoms with Crippen molar-refractivity contribution in [2.45, 2.75) is 13.5 Å². The predicted molar refractivity (Wildman–Crippen MR) is 64.2 cm³/mol. The average molecular weight is 255 g/mol. The molecule has 0 spiro atoms. The molecule has 0 radical (unpaired) electrons. The molecule has 1 rings (SSSR count). The Morgan fingerprint density at radius 1 is 1.61 bits per heavy atom. The third-order valence-corrected chi connectivity index (χ3v) is 2.48. The molecule has 1 aromatic rings. The molecule has 0 aromatic carbocycles. The van der Waals surface area contributed by atoms with Crippen molar-refractivity contribution in [3.05, 3.63) is 28.3 Å². The summed E-state index contributed by atoms with van der Waals surface area (Å²) < 4.78 is 9.70. The van der Waals surface area contributed by atoms with Crippen LogP contribution >= 0.6 is 0 Å². The van der Waals surface area contributed by atoms with Gasteiger partial charge in [0.05, 0.1) is 19.6 Å². The fraction of sp³-hybridized carbons (Fsp3) is 0.500. The predicted octanol–water partition coefficient (Wildman–Crippen LogP) is 0.586. The molecule has 6 heteroatoms. The van der Waals surface area contributed by atoms with Gasteiger partial charge in [-0.2, -0.15) is 0 Å². The molecule has 1 aromatic heterocycles. The van der Waals surface area contributed by atoms with Crippen LogP contribution in [0.2, 0.25) is 0 Å². The van der Waals surface area contributed by atoms with Crippen molar-refractivity contribution in [3.63, 3.8) is 0 Å². The van der Waals surface area contributed by atoms with Crippen molar-refractivity contribution in [1.82, 2.24) is 4.90 Å². The van der Waals surface area contributed by atoms with Crippen LogP contribution in [0.4, 0.5) is 0 Å². The zero-order valence-electron chi connectivity index (χ0n) is 10.7. The smallest absolute Gasteiger partial charge is 0.309 e. The van der Waals surface area contributed by atoms with Crippen LogP contribution in [0.15, 0.2) is 21.5 Å². The third-order valence-electron chi connectivity index (χ3n) is 2.48. The molecule has 0 saturated carbocycles. The minimum Gasteiger partial charge on any atom is -0.502 e. The summed E-state index contributed by atoms with van der Waals surface area (Å²) in [6.45, 7) is 2.61. The van der Waals surface area contributed by atoms with Crippen LogP contribution in [0.25, 0.3) is 0 Å². The summed E-state index contributed by atoms with van der Waals surface area (Å²) in [5.41, 5.74) is -0.481. The van der Waals surface area contributed by atoms with E-state index in [1.807, 2.05) is 4.90 Å². The molecule has 0 saturated heterocycles. The Morgan fingerprint density at radius 2 is 2.28 bits per heavy atom. The summed E-state index contributed by atoms with van der Waals surface area (Å²) in [5.74, 6) is -0.528. The molecular weight excluding hydrogens is 238 g/mol. The van der Waals surface area contributed by atoms with Gasteiger partial charge in [0.25, 0.3) is 0 Å². The molecule has 0 aliphatic carbocycles. The second-order valence-corrected chi connectivity index (χ2v) is 4.22. The van der Waals surface area contributed by atoms with Gasteiger partial charge < -0.3 is 14.3 Å². The first kappa shape index (κ1) is 14.2. The lowest BCUT2D eigenvalue weighted by Gasteiger charge is -2.19. The number of carbonyl (C=O) groups excluding carboxylic acids is 1. The Labute approximate surface area is 105 Å². The number of aromatic hydroxyl groups is 1. The number of carbonyl (C=O) groups is 1. The van der Waals surface area contributed by atoms with E-state index in [0.29, 0.717) is 18.8 Å². The zero-order valence-corrected chi connectivity index (χ0v) is 10.7. The highest BCUT2D eigenvalue weighted by molar-refractivity contribution is 5.72. The Kier molecular flexibility index (Phi) is 4.91. The van der Waals surface area contributed by atoms with Crippen LogP contribution < -0.4 is 5.43 Å². The van der Waals surface area contributed by atoms with Crippen LogP contribution in [0, 0.1) is 5.92 Å². The molecule has 0 amide bonds. The number of rotatable bonds is 5. The zero-order chi connectivity index (χ0) is 13.7. The van der Waals surface area contributed by atoms with Crippen molar-refractivity contribution in [2.24, 2.45) is 5.92 Å². The molecule has 1 atom stereocenters. The number of esters is 1. The number of methoxy groups -OCH3 is 1. The van der Waals surface area contributed by atoms with Gasteiger partial charge >= 0.3 is 5.97 Å². The highest BCUT2D eigenvalue weighted by atomic mass is 16.5. The van der Waals surface area contributed by atoms with Crippen LogP contribution in [0.3, 0.4) is 0 Å². The van der Waals surface area contributed by atoms with Gasteiger partial charge in [-0.15, -0.1) is 0 Å². The van der Waals surface area contributed by atoms with E-state index in [9.17, 15) is 9.59 Å². The molecule has 0 aliphatic rings. The average Bonchev–Trinajstić information content (AvgIpc) is 2.32. The van der Waals surface area contributed by atoms with Crippen LogP contribution in [-0.2, 0) is 16.1 Å². The Bertz CT molecular complexity index is 468. The van der Waals surface area contributed by atoms with Gasteiger partial charge in [-0.25, -0.2) is 0 Å². The molecule has 100 valence electrons. The van der Waals surface area contributed by atoms with E-state index in [2.05, 4.69) is 4.74 Å². The van der Waals surface area contributed by atoms with Crippen molar-refractivity contribution >= 4 is 5.97 Å². The molecule has 0 fully saturated rings. The summed E-state index contributed by atoms with van der Waals surface area (Å²) in [4.78, 5) is 24.3. The number of hydrogen-bond acceptors (Lipinski definition) is 6. The lowest BCUT2D eigenvalue weighted by atomic mass is 10.2. The fourth-order valence-corrected chi connectivity index (χ4v) is 1.60. The number of nitrogens with zero attached hydrogens (tertiary/aromatic N) is 1. The fourth-order valence-electron chi connectivity index (χ4n) is 1.60. The maximum Gasteiger partial charge on any atom is 0.309 e. The molecule has 6 nitrogen and oxygen atoms in total. The Morgan fingerprint density at radius 3 is 2.83 bits per heavy atom. The van der Waals surface area contributed by atoms with Crippen LogP contribution in [-0.4, -0.2) is 36.7 Å². The van der Waals surface area contributed by atoms with Crippen LogP contribution in [0.1, 0.15) is 12.7 Å². The van der Waals surface area contributed by atoms with E-state index in [1.165, 1.54) is 13.2 Å². The van der Waals surface area contributed by atoms with E-state index in [1.54, 1.807) is 14.0 Å². The lowest BCUT2D eigenvalue weighted by Crippen LogP contribution is -2.29. The first-order chi connectivity index (χ1) is 8.43.